The van der Waals surface area contributed by atoms with E-state index < -0.39 is 6.04 Å². The van der Waals surface area contributed by atoms with Crippen molar-refractivity contribution in [1.29, 1.82) is 0 Å². The molecule has 7 heteroatoms. The zero-order chi connectivity index (χ0) is 23.4. The van der Waals surface area contributed by atoms with Crippen LogP contribution < -0.4 is 10.2 Å². The summed E-state index contributed by atoms with van der Waals surface area (Å²) in [5.41, 5.74) is 4.19. The SMILES string of the molecule is CN(C)/C=C\c1ccc2c(c1)N(C)C(=O)[C@H](NC(=O)C1C=NN(Cc3ccccc3)C1)CC2. The van der Waals surface area contributed by atoms with E-state index in [9.17, 15) is 9.59 Å². The number of hydrogen-bond donors (Lipinski definition) is 1. The Labute approximate surface area is 195 Å². The fourth-order valence-electron chi connectivity index (χ4n) is 4.18. The molecule has 0 bridgehead atoms. The molecular formula is C26H31N5O2. The minimum absolute atomic E-state index is 0.0908. The number of benzene rings is 2. The van der Waals surface area contributed by atoms with Crippen LogP contribution in [-0.4, -0.2) is 61.7 Å². The van der Waals surface area contributed by atoms with Crippen molar-refractivity contribution in [1.82, 2.24) is 15.2 Å². The summed E-state index contributed by atoms with van der Waals surface area (Å²) in [4.78, 5) is 29.8. The first-order valence-electron chi connectivity index (χ1n) is 11.3. The summed E-state index contributed by atoms with van der Waals surface area (Å²) in [6.45, 7) is 1.17. The van der Waals surface area contributed by atoms with Gasteiger partial charge in [0.1, 0.15) is 6.04 Å². The third-order valence-corrected chi connectivity index (χ3v) is 6.05. The number of rotatable bonds is 6. The second kappa shape index (κ2) is 9.90. The highest BCUT2D eigenvalue weighted by Gasteiger charge is 2.32. The van der Waals surface area contributed by atoms with E-state index in [4.69, 9.17) is 0 Å². The molecule has 4 rings (SSSR count). The van der Waals surface area contributed by atoms with Crippen LogP contribution in [0.4, 0.5) is 5.69 Å². The van der Waals surface area contributed by atoms with E-state index in [1.54, 1.807) is 18.2 Å². The maximum atomic E-state index is 13.2. The number of fused-ring (bicyclic) bond motifs is 1. The Bertz CT molecular complexity index is 1060. The molecule has 2 atom stereocenters. The van der Waals surface area contributed by atoms with Gasteiger partial charge in [0.05, 0.1) is 19.0 Å². The predicted molar refractivity (Wildman–Crippen MR) is 132 cm³/mol. The van der Waals surface area contributed by atoms with Gasteiger partial charge in [0.25, 0.3) is 0 Å². The molecule has 0 aliphatic carbocycles. The summed E-state index contributed by atoms with van der Waals surface area (Å²) in [6.07, 6.45) is 6.98. The monoisotopic (exact) mass is 445 g/mol. The fraction of sp³-hybridized carbons (Fsp3) is 0.346. The number of amides is 2. The van der Waals surface area contributed by atoms with Gasteiger partial charge in [0, 0.05) is 33.0 Å². The highest BCUT2D eigenvalue weighted by Crippen LogP contribution is 2.28. The van der Waals surface area contributed by atoms with Crippen molar-refractivity contribution in [3.05, 3.63) is 71.4 Å². The molecule has 2 aliphatic heterocycles. The largest absolute Gasteiger partial charge is 0.383 e. The molecule has 2 aromatic rings. The Kier molecular flexibility index (Phi) is 6.77. The predicted octanol–water partition coefficient (Wildman–Crippen LogP) is 2.73. The smallest absolute Gasteiger partial charge is 0.249 e. The first-order chi connectivity index (χ1) is 15.9. The molecule has 0 saturated heterocycles. The summed E-state index contributed by atoms with van der Waals surface area (Å²) in [5, 5.41) is 9.27. The second-order valence-electron chi connectivity index (χ2n) is 8.87. The van der Waals surface area contributed by atoms with Crippen molar-refractivity contribution in [2.45, 2.75) is 25.4 Å². The van der Waals surface area contributed by atoms with E-state index >= 15 is 0 Å². The molecule has 2 aliphatic rings. The molecule has 1 N–H and O–H groups in total. The number of carbonyl (C=O) groups is 2. The number of likely N-dealkylation sites (N-methyl/N-ethyl adjacent to an activating group) is 1. The molecule has 33 heavy (non-hydrogen) atoms. The first kappa shape index (κ1) is 22.6. The number of carbonyl (C=O) groups excluding carboxylic acids is 2. The molecule has 0 aromatic heterocycles. The zero-order valence-electron chi connectivity index (χ0n) is 19.4. The van der Waals surface area contributed by atoms with Gasteiger partial charge in [-0.3, -0.25) is 14.6 Å². The van der Waals surface area contributed by atoms with Crippen LogP contribution in [0.1, 0.15) is 23.1 Å². The topological polar surface area (TPSA) is 68.2 Å². The van der Waals surface area contributed by atoms with Crippen molar-refractivity contribution in [2.75, 3.05) is 32.6 Å². The molecule has 1 unspecified atom stereocenters. The van der Waals surface area contributed by atoms with Crippen LogP contribution in [0.3, 0.4) is 0 Å². The lowest BCUT2D eigenvalue weighted by atomic mass is 10.0. The molecule has 172 valence electrons. The van der Waals surface area contributed by atoms with Crippen LogP contribution in [0.5, 0.6) is 0 Å². The van der Waals surface area contributed by atoms with Gasteiger partial charge in [-0.25, -0.2) is 0 Å². The standard InChI is InChI=1S/C26H31N5O2/c1-29(2)14-13-19-9-10-21-11-12-23(26(33)30(3)24(21)15-19)28-25(32)22-16-27-31(18-22)17-20-7-5-4-6-8-20/h4-10,13-16,22-23H,11-12,17-18H2,1-3H3,(H,28,32)/b14-13-/t22?,23-/m1/s1. The average molecular weight is 446 g/mol. The van der Waals surface area contributed by atoms with E-state index in [2.05, 4.69) is 22.6 Å². The van der Waals surface area contributed by atoms with E-state index in [-0.39, 0.29) is 17.7 Å². The summed E-state index contributed by atoms with van der Waals surface area (Å²) in [7, 11) is 5.72. The lowest BCUT2D eigenvalue weighted by Crippen LogP contribution is -2.49. The summed E-state index contributed by atoms with van der Waals surface area (Å²) in [5.74, 6) is -0.603. The molecule has 0 saturated carbocycles. The first-order valence-corrected chi connectivity index (χ1v) is 11.3. The zero-order valence-corrected chi connectivity index (χ0v) is 19.4. The maximum Gasteiger partial charge on any atom is 0.249 e. The Hall–Kier alpha value is -3.61. The number of anilines is 1. The van der Waals surface area contributed by atoms with E-state index in [1.165, 1.54) is 0 Å². The molecule has 0 fully saturated rings. The van der Waals surface area contributed by atoms with E-state index in [0.717, 1.165) is 28.8 Å². The number of aryl methyl sites for hydroxylation is 1. The quantitative estimate of drug-likeness (QED) is 0.743. The van der Waals surface area contributed by atoms with Crippen LogP contribution in [-0.2, 0) is 22.6 Å². The van der Waals surface area contributed by atoms with E-state index in [1.807, 2.05) is 72.7 Å². The van der Waals surface area contributed by atoms with Gasteiger partial charge in [-0.1, -0.05) is 42.5 Å². The molecule has 2 aromatic carbocycles. The second-order valence-corrected chi connectivity index (χ2v) is 8.87. The van der Waals surface area contributed by atoms with Crippen molar-refractivity contribution in [3.8, 4) is 0 Å². The Morgan fingerprint density at radius 2 is 2.00 bits per heavy atom. The fourth-order valence-corrected chi connectivity index (χ4v) is 4.18. The van der Waals surface area contributed by atoms with Crippen molar-refractivity contribution in [3.63, 3.8) is 0 Å². The third kappa shape index (κ3) is 5.42. The summed E-state index contributed by atoms with van der Waals surface area (Å²) >= 11 is 0. The highest BCUT2D eigenvalue weighted by atomic mass is 16.2. The van der Waals surface area contributed by atoms with Crippen LogP contribution in [0.25, 0.3) is 6.08 Å². The molecule has 2 amide bonds. The molecule has 0 radical (unpaired) electrons. The minimum Gasteiger partial charge on any atom is -0.383 e. The van der Waals surface area contributed by atoms with Gasteiger partial charge < -0.3 is 15.1 Å². The van der Waals surface area contributed by atoms with Crippen LogP contribution in [0.2, 0.25) is 0 Å². The number of hydrazone groups is 1. The Morgan fingerprint density at radius 3 is 2.76 bits per heavy atom. The maximum absolute atomic E-state index is 13.2. The number of hydrogen-bond acceptors (Lipinski definition) is 5. The minimum atomic E-state index is -0.549. The lowest BCUT2D eigenvalue weighted by Gasteiger charge is -2.23. The van der Waals surface area contributed by atoms with Crippen molar-refractivity contribution in [2.24, 2.45) is 11.0 Å². The van der Waals surface area contributed by atoms with Crippen LogP contribution in [0.15, 0.2) is 59.8 Å². The summed E-state index contributed by atoms with van der Waals surface area (Å²) in [6, 6.07) is 15.7. The van der Waals surface area contributed by atoms with Crippen molar-refractivity contribution < 1.29 is 9.59 Å². The number of nitrogens with one attached hydrogen (secondary N) is 1. The van der Waals surface area contributed by atoms with Gasteiger partial charge in [-0.2, -0.15) is 5.10 Å². The van der Waals surface area contributed by atoms with Crippen molar-refractivity contribution >= 4 is 29.8 Å². The lowest BCUT2D eigenvalue weighted by molar-refractivity contribution is -0.128. The van der Waals surface area contributed by atoms with Crippen LogP contribution >= 0.6 is 0 Å². The Balaban J connectivity index is 1.38. The molecule has 2 heterocycles. The normalized spacial score (nSPS) is 20.2. The summed E-state index contributed by atoms with van der Waals surface area (Å²) < 4.78 is 0. The average Bonchev–Trinajstić information content (AvgIpc) is 3.24. The molecular weight excluding hydrogens is 414 g/mol. The highest BCUT2D eigenvalue weighted by molar-refractivity contribution is 6.02. The van der Waals surface area contributed by atoms with E-state index in [0.29, 0.717) is 19.5 Å². The molecule has 7 nitrogen and oxygen atoms in total. The molecule has 0 spiro atoms. The van der Waals surface area contributed by atoms with Gasteiger partial charge in [-0.05, 0) is 47.9 Å². The van der Waals surface area contributed by atoms with Gasteiger partial charge in [0.15, 0.2) is 0 Å². The van der Waals surface area contributed by atoms with Crippen LogP contribution in [0, 0.1) is 5.92 Å². The third-order valence-electron chi connectivity index (χ3n) is 6.05. The van der Waals surface area contributed by atoms with Gasteiger partial charge >= 0.3 is 0 Å². The van der Waals surface area contributed by atoms with Gasteiger partial charge in [0.2, 0.25) is 11.8 Å². The van der Waals surface area contributed by atoms with Gasteiger partial charge in [-0.15, -0.1) is 0 Å². The number of nitrogens with zero attached hydrogens (tertiary/aromatic N) is 4. The Morgan fingerprint density at radius 1 is 1.21 bits per heavy atom.